The molecule has 1 fully saturated rings. The van der Waals surface area contributed by atoms with Crippen molar-refractivity contribution in [3.63, 3.8) is 0 Å². The van der Waals surface area contributed by atoms with Gasteiger partial charge in [0.2, 0.25) is 0 Å². The maximum Gasteiger partial charge on any atom is 0.0368 e. The fraction of sp³-hybridized carbons (Fsp3) is 0.385. The molecule has 0 spiro atoms. The van der Waals surface area contributed by atoms with Crippen LogP contribution in [-0.4, -0.2) is 38.1 Å². The Balaban J connectivity index is 0.000000606. The third kappa shape index (κ3) is 3.28. The molecule has 0 aliphatic carbocycles. The Kier molecular flexibility index (Phi) is 4.86. The molecule has 0 unspecified atom stereocenters. The molecular weight excluding hydrogens is 198 g/mol. The molecule has 1 aliphatic rings. The van der Waals surface area contributed by atoms with Crippen LogP contribution >= 0.6 is 0 Å². The topological polar surface area (TPSA) is 32.5 Å². The number of piperazine rings is 1. The quantitative estimate of drug-likeness (QED) is 0.577. The number of nitrogens with zero attached hydrogens (tertiary/aromatic N) is 2. The first kappa shape index (κ1) is 12.6. The molecule has 0 aromatic heterocycles. The van der Waals surface area contributed by atoms with Crippen LogP contribution in [0.15, 0.2) is 37.4 Å². The SMILES string of the molecule is C=C.CN1CCN(c2ccc(N)cc2)CC1. The van der Waals surface area contributed by atoms with Crippen molar-refractivity contribution in [3.8, 4) is 0 Å². The first-order valence-corrected chi connectivity index (χ1v) is 5.55. The van der Waals surface area contributed by atoms with E-state index in [0.717, 1.165) is 31.9 Å². The van der Waals surface area contributed by atoms with Crippen LogP contribution in [0.5, 0.6) is 0 Å². The van der Waals surface area contributed by atoms with E-state index in [9.17, 15) is 0 Å². The molecular formula is C13H21N3. The Hall–Kier alpha value is -1.48. The van der Waals surface area contributed by atoms with Crippen LogP contribution in [0.1, 0.15) is 0 Å². The van der Waals surface area contributed by atoms with E-state index in [-0.39, 0.29) is 0 Å². The summed E-state index contributed by atoms with van der Waals surface area (Å²) in [5.74, 6) is 0. The van der Waals surface area contributed by atoms with Crippen LogP contribution in [0.4, 0.5) is 11.4 Å². The first-order chi connectivity index (χ1) is 7.75. The summed E-state index contributed by atoms with van der Waals surface area (Å²) in [7, 11) is 2.17. The Morgan fingerprint density at radius 1 is 1.00 bits per heavy atom. The van der Waals surface area contributed by atoms with Crippen LogP contribution in [0.2, 0.25) is 0 Å². The lowest BCUT2D eigenvalue weighted by Gasteiger charge is -2.34. The second-order valence-corrected chi connectivity index (χ2v) is 3.88. The smallest absolute Gasteiger partial charge is 0.0368 e. The van der Waals surface area contributed by atoms with Gasteiger partial charge in [-0.15, -0.1) is 13.2 Å². The average molecular weight is 219 g/mol. The van der Waals surface area contributed by atoms with Gasteiger partial charge in [-0.05, 0) is 31.3 Å². The number of nitrogens with two attached hydrogens (primary N) is 1. The summed E-state index contributed by atoms with van der Waals surface area (Å²) in [4.78, 5) is 4.76. The molecule has 88 valence electrons. The minimum atomic E-state index is 0.836. The zero-order valence-electron chi connectivity index (χ0n) is 10.0. The molecule has 16 heavy (non-hydrogen) atoms. The van der Waals surface area contributed by atoms with Crippen molar-refractivity contribution >= 4 is 11.4 Å². The Morgan fingerprint density at radius 2 is 1.50 bits per heavy atom. The molecule has 0 saturated carbocycles. The Morgan fingerprint density at radius 3 is 2.00 bits per heavy atom. The summed E-state index contributed by atoms with van der Waals surface area (Å²) in [6.07, 6.45) is 0. The second kappa shape index (κ2) is 6.18. The third-order valence-corrected chi connectivity index (χ3v) is 2.76. The first-order valence-electron chi connectivity index (χ1n) is 5.55. The summed E-state index contributed by atoms with van der Waals surface area (Å²) in [6.45, 7) is 10.5. The van der Waals surface area contributed by atoms with E-state index >= 15 is 0 Å². The minimum Gasteiger partial charge on any atom is -0.399 e. The van der Waals surface area contributed by atoms with Gasteiger partial charge in [0.25, 0.3) is 0 Å². The normalized spacial score (nSPS) is 16.4. The van der Waals surface area contributed by atoms with E-state index in [1.165, 1.54) is 5.69 Å². The molecule has 3 heteroatoms. The van der Waals surface area contributed by atoms with Gasteiger partial charge >= 0.3 is 0 Å². The monoisotopic (exact) mass is 219 g/mol. The Labute approximate surface area is 98.2 Å². The molecule has 2 rings (SSSR count). The summed E-state index contributed by atoms with van der Waals surface area (Å²) >= 11 is 0. The van der Waals surface area contributed by atoms with Gasteiger partial charge in [0.1, 0.15) is 0 Å². The van der Waals surface area contributed by atoms with Crippen molar-refractivity contribution in [1.29, 1.82) is 0 Å². The van der Waals surface area contributed by atoms with Crippen LogP contribution < -0.4 is 10.6 Å². The van der Waals surface area contributed by atoms with E-state index in [0.29, 0.717) is 0 Å². The molecule has 1 saturated heterocycles. The van der Waals surface area contributed by atoms with Gasteiger partial charge in [0.15, 0.2) is 0 Å². The van der Waals surface area contributed by atoms with Crippen molar-refractivity contribution < 1.29 is 0 Å². The number of hydrogen-bond acceptors (Lipinski definition) is 3. The number of likely N-dealkylation sites (N-methyl/N-ethyl adjacent to an activating group) is 1. The molecule has 1 aromatic rings. The molecule has 1 aliphatic heterocycles. The molecule has 1 heterocycles. The van der Waals surface area contributed by atoms with Gasteiger partial charge in [-0.25, -0.2) is 0 Å². The van der Waals surface area contributed by atoms with Crippen LogP contribution in [0.3, 0.4) is 0 Å². The maximum atomic E-state index is 5.65. The van der Waals surface area contributed by atoms with E-state index < -0.39 is 0 Å². The molecule has 0 amide bonds. The summed E-state index contributed by atoms with van der Waals surface area (Å²) in [5, 5.41) is 0. The highest BCUT2D eigenvalue weighted by Gasteiger charge is 2.13. The summed E-state index contributed by atoms with van der Waals surface area (Å²) in [5.41, 5.74) is 7.77. The summed E-state index contributed by atoms with van der Waals surface area (Å²) in [6, 6.07) is 8.13. The highest BCUT2D eigenvalue weighted by atomic mass is 15.2. The molecule has 3 nitrogen and oxygen atoms in total. The zero-order valence-corrected chi connectivity index (χ0v) is 10.0. The predicted molar refractivity (Wildman–Crippen MR) is 71.8 cm³/mol. The molecule has 1 aromatic carbocycles. The number of anilines is 2. The lowest BCUT2D eigenvalue weighted by atomic mass is 10.2. The highest BCUT2D eigenvalue weighted by Crippen LogP contribution is 2.17. The molecule has 0 radical (unpaired) electrons. The van der Waals surface area contributed by atoms with Crippen LogP contribution in [0.25, 0.3) is 0 Å². The van der Waals surface area contributed by atoms with Gasteiger partial charge in [-0.3, -0.25) is 0 Å². The fourth-order valence-corrected chi connectivity index (χ4v) is 1.75. The van der Waals surface area contributed by atoms with Gasteiger partial charge in [-0.2, -0.15) is 0 Å². The third-order valence-electron chi connectivity index (χ3n) is 2.76. The van der Waals surface area contributed by atoms with Crippen molar-refractivity contribution in [3.05, 3.63) is 37.4 Å². The van der Waals surface area contributed by atoms with Gasteiger partial charge in [0, 0.05) is 37.6 Å². The van der Waals surface area contributed by atoms with Crippen LogP contribution in [0, 0.1) is 0 Å². The van der Waals surface area contributed by atoms with E-state index in [2.05, 4.69) is 42.1 Å². The standard InChI is InChI=1S/C11H17N3.C2H4/c1-13-6-8-14(9-7-13)11-4-2-10(12)3-5-11;1-2/h2-5H,6-9,12H2,1H3;1-2H2. The lowest BCUT2D eigenvalue weighted by Crippen LogP contribution is -2.44. The molecule has 0 bridgehead atoms. The number of hydrogen-bond donors (Lipinski definition) is 1. The van der Waals surface area contributed by atoms with Gasteiger partial charge < -0.3 is 15.5 Å². The van der Waals surface area contributed by atoms with Crippen molar-refractivity contribution in [2.24, 2.45) is 0 Å². The van der Waals surface area contributed by atoms with E-state index in [1.807, 2.05) is 12.1 Å². The lowest BCUT2D eigenvalue weighted by molar-refractivity contribution is 0.313. The number of benzene rings is 1. The van der Waals surface area contributed by atoms with Gasteiger partial charge in [-0.1, -0.05) is 0 Å². The minimum absolute atomic E-state index is 0.836. The second-order valence-electron chi connectivity index (χ2n) is 3.88. The van der Waals surface area contributed by atoms with E-state index in [4.69, 9.17) is 5.73 Å². The number of nitrogen functional groups attached to an aromatic ring is 1. The molecule has 0 atom stereocenters. The number of rotatable bonds is 1. The Bertz CT molecular complexity index is 299. The maximum absolute atomic E-state index is 5.65. The summed E-state index contributed by atoms with van der Waals surface area (Å²) < 4.78 is 0. The van der Waals surface area contributed by atoms with E-state index in [1.54, 1.807) is 0 Å². The van der Waals surface area contributed by atoms with Crippen molar-refractivity contribution in [2.75, 3.05) is 43.9 Å². The average Bonchev–Trinajstić information content (AvgIpc) is 2.34. The van der Waals surface area contributed by atoms with Crippen molar-refractivity contribution in [1.82, 2.24) is 4.90 Å². The largest absolute Gasteiger partial charge is 0.399 e. The van der Waals surface area contributed by atoms with Crippen molar-refractivity contribution in [2.45, 2.75) is 0 Å². The highest BCUT2D eigenvalue weighted by molar-refractivity contribution is 5.53. The molecule has 2 N–H and O–H groups in total. The zero-order chi connectivity index (χ0) is 12.0. The fourth-order valence-electron chi connectivity index (χ4n) is 1.75. The predicted octanol–water partition coefficient (Wildman–Crippen LogP) is 1.82. The van der Waals surface area contributed by atoms with Crippen LogP contribution in [-0.2, 0) is 0 Å². The van der Waals surface area contributed by atoms with Gasteiger partial charge in [0.05, 0.1) is 0 Å².